The number of carbonyl (C=O) groups excluding carboxylic acids is 1. The van der Waals surface area contributed by atoms with Gasteiger partial charge in [0.2, 0.25) is 0 Å². The lowest BCUT2D eigenvalue weighted by Crippen LogP contribution is -2.37. The molecular weight excluding hydrogens is 480 g/mol. The van der Waals surface area contributed by atoms with Gasteiger partial charge in [-0.3, -0.25) is 4.79 Å². The van der Waals surface area contributed by atoms with Crippen LogP contribution < -0.4 is 0 Å². The maximum atomic E-state index is 11.7. The standard InChI is InChI=1S/C28H43BrO4/c1-19-8-11-23(33-26(30)16-29)15-22(19)10-9-21-7-6-14-28(5)24(12-13-25(21)28)20(2)17-32-18-27(3,4)31/h9-10,20,23-25,31H,1,6-8,11-18H2,2-5H3/t20-,23+,24-,25?,28-/m1/s1. The molecule has 3 saturated carbocycles. The minimum Gasteiger partial charge on any atom is -0.461 e. The Morgan fingerprint density at radius 2 is 2.06 bits per heavy atom. The van der Waals surface area contributed by atoms with E-state index in [1.165, 1.54) is 43.3 Å². The zero-order chi connectivity index (χ0) is 24.2. The lowest BCUT2D eigenvalue weighted by molar-refractivity contribution is -0.146. The summed E-state index contributed by atoms with van der Waals surface area (Å²) in [7, 11) is 0. The highest BCUT2D eigenvalue weighted by Gasteiger charge is 2.50. The molecule has 5 heteroatoms. The van der Waals surface area contributed by atoms with Gasteiger partial charge in [-0.2, -0.15) is 0 Å². The molecule has 0 heterocycles. The Hall–Kier alpha value is -0.910. The van der Waals surface area contributed by atoms with E-state index in [0.717, 1.165) is 19.3 Å². The van der Waals surface area contributed by atoms with Crippen molar-refractivity contribution in [3.05, 3.63) is 35.5 Å². The third-order valence-corrected chi connectivity index (χ3v) is 8.59. The number of fused-ring (bicyclic) bond motifs is 1. The van der Waals surface area contributed by atoms with E-state index in [1.54, 1.807) is 19.4 Å². The third kappa shape index (κ3) is 6.82. The molecule has 1 unspecified atom stereocenters. The van der Waals surface area contributed by atoms with Crippen LogP contribution in [0, 0.1) is 23.2 Å². The Morgan fingerprint density at radius 1 is 1.30 bits per heavy atom. The molecule has 0 aromatic heterocycles. The number of alkyl halides is 1. The van der Waals surface area contributed by atoms with E-state index in [2.05, 4.69) is 48.5 Å². The van der Waals surface area contributed by atoms with Crippen LogP contribution in [-0.4, -0.2) is 41.3 Å². The quantitative estimate of drug-likeness (QED) is 0.291. The van der Waals surface area contributed by atoms with Crippen molar-refractivity contribution in [2.24, 2.45) is 23.2 Å². The smallest absolute Gasteiger partial charge is 0.316 e. The summed E-state index contributed by atoms with van der Waals surface area (Å²) in [6.45, 7) is 13.8. The molecule has 186 valence electrons. The molecule has 4 nitrogen and oxygen atoms in total. The van der Waals surface area contributed by atoms with Crippen molar-refractivity contribution in [1.29, 1.82) is 0 Å². The molecule has 3 aliphatic carbocycles. The van der Waals surface area contributed by atoms with Gasteiger partial charge in [-0.05, 0) is 87.5 Å². The lowest BCUT2D eigenvalue weighted by Gasteiger charge is -2.44. The van der Waals surface area contributed by atoms with Crippen molar-refractivity contribution >= 4 is 21.9 Å². The van der Waals surface area contributed by atoms with E-state index in [0.29, 0.717) is 36.4 Å². The summed E-state index contributed by atoms with van der Waals surface area (Å²) in [5, 5.41) is 10.2. The van der Waals surface area contributed by atoms with Gasteiger partial charge in [0.25, 0.3) is 0 Å². The number of hydrogen-bond donors (Lipinski definition) is 1. The van der Waals surface area contributed by atoms with Gasteiger partial charge in [0.15, 0.2) is 0 Å². The number of hydrogen-bond acceptors (Lipinski definition) is 4. The first kappa shape index (κ1) is 26.7. The van der Waals surface area contributed by atoms with Crippen molar-refractivity contribution in [1.82, 2.24) is 0 Å². The van der Waals surface area contributed by atoms with Gasteiger partial charge in [-0.25, -0.2) is 0 Å². The van der Waals surface area contributed by atoms with E-state index < -0.39 is 5.60 Å². The molecule has 0 saturated heterocycles. The molecular formula is C28H43BrO4. The van der Waals surface area contributed by atoms with Crippen LogP contribution in [0.1, 0.15) is 79.1 Å². The summed E-state index contributed by atoms with van der Waals surface area (Å²) < 4.78 is 11.5. The first-order valence-corrected chi connectivity index (χ1v) is 13.8. The van der Waals surface area contributed by atoms with E-state index >= 15 is 0 Å². The second kappa shape index (κ2) is 11.2. The summed E-state index contributed by atoms with van der Waals surface area (Å²) in [5.41, 5.74) is 3.54. The van der Waals surface area contributed by atoms with Crippen LogP contribution in [0.15, 0.2) is 35.5 Å². The van der Waals surface area contributed by atoms with Gasteiger partial charge >= 0.3 is 5.97 Å². The highest BCUT2D eigenvalue weighted by atomic mass is 79.9. The number of aliphatic hydroxyl groups is 1. The molecule has 0 bridgehead atoms. The van der Waals surface area contributed by atoms with Crippen LogP contribution in [-0.2, 0) is 14.3 Å². The van der Waals surface area contributed by atoms with Gasteiger partial charge in [0, 0.05) is 13.0 Å². The van der Waals surface area contributed by atoms with Gasteiger partial charge in [-0.15, -0.1) is 0 Å². The second-order valence-corrected chi connectivity index (χ2v) is 12.0. The van der Waals surface area contributed by atoms with Crippen LogP contribution in [0.2, 0.25) is 0 Å². The van der Waals surface area contributed by atoms with Crippen molar-refractivity contribution < 1.29 is 19.4 Å². The van der Waals surface area contributed by atoms with E-state index in [-0.39, 0.29) is 17.4 Å². The van der Waals surface area contributed by atoms with Crippen LogP contribution >= 0.6 is 15.9 Å². The Kier molecular flexibility index (Phi) is 9.07. The summed E-state index contributed by atoms with van der Waals surface area (Å²) in [6.07, 6.45) is 13.3. The first-order chi connectivity index (χ1) is 15.5. The van der Waals surface area contributed by atoms with Gasteiger partial charge < -0.3 is 14.6 Å². The Morgan fingerprint density at radius 3 is 2.76 bits per heavy atom. The minimum atomic E-state index is -0.773. The Bertz CT molecular complexity index is 777. The molecule has 0 aliphatic heterocycles. The van der Waals surface area contributed by atoms with Crippen molar-refractivity contribution in [2.45, 2.75) is 90.8 Å². The average Bonchev–Trinajstić information content (AvgIpc) is 3.10. The highest BCUT2D eigenvalue weighted by molar-refractivity contribution is 9.09. The first-order valence-electron chi connectivity index (χ1n) is 12.7. The topological polar surface area (TPSA) is 55.8 Å². The average molecular weight is 524 g/mol. The summed E-state index contributed by atoms with van der Waals surface area (Å²) in [4.78, 5) is 11.7. The SMILES string of the molecule is C=C1CC[C@H](OC(=O)CBr)CC1=CC=C1CCC[C@@]2(C)C1CC[C@@H]2[C@H](C)COCC(C)(C)O. The second-order valence-electron chi connectivity index (χ2n) is 11.4. The number of esters is 1. The zero-order valence-corrected chi connectivity index (χ0v) is 22.6. The lowest BCUT2D eigenvalue weighted by atomic mass is 9.61. The number of ether oxygens (including phenoxy) is 2. The maximum absolute atomic E-state index is 11.7. The third-order valence-electron chi connectivity index (χ3n) is 8.14. The molecule has 0 aromatic rings. The van der Waals surface area contributed by atoms with Crippen molar-refractivity contribution in [2.75, 3.05) is 18.5 Å². The molecule has 1 N–H and O–H groups in total. The number of halogens is 1. The predicted octanol–water partition coefficient (Wildman–Crippen LogP) is 6.53. The predicted molar refractivity (Wildman–Crippen MR) is 137 cm³/mol. The van der Waals surface area contributed by atoms with Gasteiger partial charge in [-0.1, -0.05) is 59.7 Å². The number of allylic oxidation sites excluding steroid dienone is 4. The van der Waals surface area contributed by atoms with Crippen LogP contribution in [0.3, 0.4) is 0 Å². The fourth-order valence-electron chi connectivity index (χ4n) is 6.52. The molecule has 5 atom stereocenters. The fourth-order valence-corrected chi connectivity index (χ4v) is 6.66. The molecule has 0 radical (unpaired) electrons. The summed E-state index contributed by atoms with van der Waals surface area (Å²) >= 11 is 3.18. The van der Waals surface area contributed by atoms with E-state index in [4.69, 9.17) is 9.47 Å². The van der Waals surface area contributed by atoms with Gasteiger partial charge in [0.05, 0.1) is 12.2 Å². The largest absolute Gasteiger partial charge is 0.461 e. The van der Waals surface area contributed by atoms with Crippen LogP contribution in [0.25, 0.3) is 0 Å². The maximum Gasteiger partial charge on any atom is 0.316 e. The van der Waals surface area contributed by atoms with Gasteiger partial charge in [0.1, 0.15) is 11.4 Å². The van der Waals surface area contributed by atoms with E-state index in [9.17, 15) is 9.90 Å². The fraction of sp³-hybridized carbons (Fsp3) is 0.750. The molecule has 0 spiro atoms. The molecule has 0 amide bonds. The van der Waals surface area contributed by atoms with Crippen LogP contribution in [0.5, 0.6) is 0 Å². The van der Waals surface area contributed by atoms with Crippen LogP contribution in [0.4, 0.5) is 0 Å². The molecule has 3 fully saturated rings. The molecule has 3 rings (SSSR count). The Labute approximate surface area is 209 Å². The summed E-state index contributed by atoms with van der Waals surface area (Å²) in [6, 6.07) is 0. The molecule has 0 aromatic carbocycles. The van der Waals surface area contributed by atoms with Crippen molar-refractivity contribution in [3.8, 4) is 0 Å². The Balaban J connectivity index is 1.67. The number of rotatable bonds is 8. The normalized spacial score (nSPS) is 33.9. The monoisotopic (exact) mass is 522 g/mol. The van der Waals surface area contributed by atoms with E-state index in [1.807, 2.05) is 0 Å². The van der Waals surface area contributed by atoms with Crippen molar-refractivity contribution in [3.63, 3.8) is 0 Å². The molecule has 3 aliphatic rings. The molecule has 33 heavy (non-hydrogen) atoms. The zero-order valence-electron chi connectivity index (χ0n) is 21.0. The minimum absolute atomic E-state index is 0.0394. The highest BCUT2D eigenvalue weighted by Crippen LogP contribution is 2.59. The number of carbonyl (C=O) groups is 1. The summed E-state index contributed by atoms with van der Waals surface area (Å²) in [5.74, 6) is 1.58.